The van der Waals surface area contributed by atoms with E-state index in [0.29, 0.717) is 31.0 Å². The van der Waals surface area contributed by atoms with Crippen LogP contribution >= 0.6 is 0 Å². The first kappa shape index (κ1) is 26.0. The molecule has 2 aromatic carbocycles. The lowest BCUT2D eigenvalue weighted by molar-refractivity contribution is -0.121. The average molecular weight is 488 g/mol. The first-order valence-electron chi connectivity index (χ1n) is 12.1. The van der Waals surface area contributed by atoms with Crippen LogP contribution in [0.2, 0.25) is 0 Å². The Morgan fingerprint density at radius 2 is 1.65 bits per heavy atom. The zero-order chi connectivity index (χ0) is 24.4. The molecular weight excluding hydrogens is 450 g/mol. The minimum Gasteiger partial charge on any atom is -0.494 e. The van der Waals surface area contributed by atoms with Crippen molar-refractivity contribution in [2.45, 2.75) is 52.1 Å². The number of piperidine rings is 1. The molecule has 3 rings (SSSR count). The Kier molecular flexibility index (Phi) is 9.77. The van der Waals surface area contributed by atoms with Gasteiger partial charge in [-0.25, -0.2) is 8.42 Å². The number of carbonyl (C=O) groups excluding carboxylic acids is 1. The summed E-state index contributed by atoms with van der Waals surface area (Å²) in [6.07, 6.45) is 5.77. The fourth-order valence-electron chi connectivity index (χ4n) is 4.17. The second-order valence-electron chi connectivity index (χ2n) is 8.80. The molecule has 1 saturated heterocycles. The molecule has 0 bridgehead atoms. The highest BCUT2D eigenvalue weighted by Gasteiger charge is 2.18. The van der Waals surface area contributed by atoms with E-state index in [0.717, 1.165) is 12.1 Å². The van der Waals surface area contributed by atoms with Gasteiger partial charge in [0.05, 0.1) is 18.6 Å². The van der Waals surface area contributed by atoms with Crippen molar-refractivity contribution < 1.29 is 17.9 Å². The number of benzene rings is 2. The topological polar surface area (TPSA) is 79.0 Å². The number of hydrogen-bond acceptors (Lipinski definition) is 5. The zero-order valence-electron chi connectivity index (χ0n) is 20.3. The summed E-state index contributed by atoms with van der Waals surface area (Å²) in [5, 5.41) is 2.94. The summed E-state index contributed by atoms with van der Waals surface area (Å²) in [5.74, 6) is 0.608. The van der Waals surface area contributed by atoms with Crippen LogP contribution in [0.3, 0.4) is 0 Å². The van der Waals surface area contributed by atoms with E-state index < -0.39 is 10.0 Å². The number of nitrogens with one attached hydrogen (secondary N) is 1. The van der Waals surface area contributed by atoms with Gasteiger partial charge >= 0.3 is 0 Å². The largest absolute Gasteiger partial charge is 0.494 e. The summed E-state index contributed by atoms with van der Waals surface area (Å²) in [7, 11) is -3.45. The zero-order valence-corrected chi connectivity index (χ0v) is 21.1. The number of rotatable bonds is 12. The number of nitrogens with zero attached hydrogens (tertiary/aromatic N) is 2. The summed E-state index contributed by atoms with van der Waals surface area (Å²) in [6.45, 7) is 6.49. The summed E-state index contributed by atoms with van der Waals surface area (Å²) in [6, 6.07) is 15.4. The molecule has 0 radical (unpaired) electrons. The van der Waals surface area contributed by atoms with Gasteiger partial charge in [0.15, 0.2) is 0 Å². The smallest absolute Gasteiger partial charge is 0.232 e. The highest BCUT2D eigenvalue weighted by Crippen LogP contribution is 2.22. The molecule has 34 heavy (non-hydrogen) atoms. The number of amides is 1. The molecule has 0 spiro atoms. The summed E-state index contributed by atoms with van der Waals surface area (Å²) in [5.41, 5.74) is 2.92. The van der Waals surface area contributed by atoms with Crippen molar-refractivity contribution in [3.63, 3.8) is 0 Å². The molecule has 0 saturated carbocycles. The minimum atomic E-state index is -3.45. The van der Waals surface area contributed by atoms with Crippen molar-refractivity contribution in [3.8, 4) is 5.75 Å². The van der Waals surface area contributed by atoms with E-state index in [-0.39, 0.29) is 18.9 Å². The number of ether oxygens (including phenoxy) is 1. The fraction of sp³-hybridized carbons (Fsp3) is 0.500. The number of anilines is 1. The SMILES string of the molecule is CCOc1ccc(N(CCCC(=O)NCc2ccc(CN3CCCCC3)cc2)S(C)(=O)=O)cc1. The second kappa shape index (κ2) is 12.8. The van der Waals surface area contributed by atoms with Gasteiger partial charge in [-0.1, -0.05) is 30.7 Å². The first-order valence-corrected chi connectivity index (χ1v) is 14.0. The lowest BCUT2D eigenvalue weighted by atomic mass is 10.1. The van der Waals surface area contributed by atoms with Crippen molar-refractivity contribution in [1.82, 2.24) is 10.2 Å². The first-order chi connectivity index (χ1) is 16.3. The van der Waals surface area contributed by atoms with Crippen molar-refractivity contribution in [2.75, 3.05) is 36.8 Å². The third-order valence-electron chi connectivity index (χ3n) is 5.97. The molecule has 1 fully saturated rings. The number of likely N-dealkylation sites (tertiary alicyclic amines) is 1. The van der Waals surface area contributed by atoms with Gasteiger partial charge in [0.25, 0.3) is 0 Å². The van der Waals surface area contributed by atoms with E-state index in [4.69, 9.17) is 4.74 Å². The molecule has 0 unspecified atom stereocenters. The Morgan fingerprint density at radius 3 is 2.26 bits per heavy atom. The van der Waals surface area contributed by atoms with Crippen LogP contribution in [0.25, 0.3) is 0 Å². The van der Waals surface area contributed by atoms with Crippen LogP contribution in [0.15, 0.2) is 48.5 Å². The Morgan fingerprint density at radius 1 is 1.00 bits per heavy atom. The molecule has 1 aliphatic heterocycles. The standard InChI is InChI=1S/C26H37N3O4S/c1-3-33-25-15-13-24(14-16-25)29(34(2,31)32)19-7-8-26(30)27-20-22-9-11-23(12-10-22)21-28-17-5-4-6-18-28/h9-16H,3-8,17-21H2,1-2H3,(H,27,30). The molecule has 0 atom stereocenters. The van der Waals surface area contributed by atoms with Crippen molar-refractivity contribution >= 4 is 21.6 Å². The summed E-state index contributed by atoms with van der Waals surface area (Å²) >= 11 is 0. The molecular formula is C26H37N3O4S. The molecule has 8 heteroatoms. The van der Waals surface area contributed by atoms with Crippen molar-refractivity contribution in [3.05, 3.63) is 59.7 Å². The number of hydrogen-bond donors (Lipinski definition) is 1. The van der Waals surface area contributed by atoms with Crippen LogP contribution in [-0.4, -0.2) is 51.7 Å². The van der Waals surface area contributed by atoms with Gasteiger partial charge in [0, 0.05) is 26.1 Å². The Bertz CT molecular complexity index is 1000. The Balaban J connectivity index is 1.43. The van der Waals surface area contributed by atoms with E-state index >= 15 is 0 Å². The molecule has 1 heterocycles. The van der Waals surface area contributed by atoms with Crippen LogP contribution < -0.4 is 14.4 Å². The Labute approximate surface area is 204 Å². The van der Waals surface area contributed by atoms with E-state index in [9.17, 15) is 13.2 Å². The van der Waals surface area contributed by atoms with Crippen LogP contribution in [0.1, 0.15) is 50.2 Å². The maximum atomic E-state index is 12.3. The van der Waals surface area contributed by atoms with Crippen molar-refractivity contribution in [1.29, 1.82) is 0 Å². The molecule has 1 amide bonds. The third kappa shape index (κ3) is 8.33. The summed E-state index contributed by atoms with van der Waals surface area (Å²) < 4.78 is 31.3. The second-order valence-corrected chi connectivity index (χ2v) is 10.7. The van der Waals surface area contributed by atoms with Crippen LogP contribution in [-0.2, 0) is 27.9 Å². The molecule has 186 valence electrons. The minimum absolute atomic E-state index is 0.0856. The average Bonchev–Trinajstić information content (AvgIpc) is 2.82. The monoisotopic (exact) mass is 487 g/mol. The fourth-order valence-corrected chi connectivity index (χ4v) is 5.14. The van der Waals surface area contributed by atoms with E-state index in [2.05, 4.69) is 34.5 Å². The molecule has 1 aliphatic rings. The normalized spacial score (nSPS) is 14.5. The lowest BCUT2D eigenvalue weighted by Crippen LogP contribution is -2.32. The van der Waals surface area contributed by atoms with E-state index in [1.165, 1.54) is 48.5 Å². The Hall–Kier alpha value is -2.58. The lowest BCUT2D eigenvalue weighted by Gasteiger charge is -2.26. The van der Waals surface area contributed by atoms with Crippen molar-refractivity contribution in [2.24, 2.45) is 0 Å². The molecule has 0 aliphatic carbocycles. The van der Waals surface area contributed by atoms with Gasteiger partial charge in [0.1, 0.15) is 5.75 Å². The maximum absolute atomic E-state index is 12.3. The van der Waals surface area contributed by atoms with Gasteiger partial charge in [-0.15, -0.1) is 0 Å². The van der Waals surface area contributed by atoms with Crippen LogP contribution in [0.5, 0.6) is 5.75 Å². The predicted octanol–water partition coefficient (Wildman–Crippen LogP) is 3.93. The number of sulfonamides is 1. The van der Waals surface area contributed by atoms with Crippen LogP contribution in [0.4, 0.5) is 5.69 Å². The van der Waals surface area contributed by atoms with E-state index in [1.54, 1.807) is 24.3 Å². The molecule has 1 N–H and O–H groups in total. The van der Waals surface area contributed by atoms with Gasteiger partial charge in [-0.05, 0) is 74.7 Å². The van der Waals surface area contributed by atoms with Gasteiger partial charge < -0.3 is 10.1 Å². The number of carbonyl (C=O) groups is 1. The molecule has 2 aromatic rings. The van der Waals surface area contributed by atoms with Crippen LogP contribution in [0, 0.1) is 0 Å². The predicted molar refractivity (Wildman–Crippen MR) is 136 cm³/mol. The van der Waals surface area contributed by atoms with Gasteiger partial charge in [0.2, 0.25) is 15.9 Å². The third-order valence-corrected chi connectivity index (χ3v) is 7.16. The maximum Gasteiger partial charge on any atom is 0.232 e. The van der Waals surface area contributed by atoms with Gasteiger partial charge in [-0.3, -0.25) is 14.0 Å². The van der Waals surface area contributed by atoms with Gasteiger partial charge in [-0.2, -0.15) is 0 Å². The summed E-state index contributed by atoms with van der Waals surface area (Å²) in [4.78, 5) is 14.8. The quantitative estimate of drug-likeness (QED) is 0.491. The van der Waals surface area contributed by atoms with E-state index in [1.807, 2.05) is 6.92 Å². The molecule has 0 aromatic heterocycles. The molecule has 7 nitrogen and oxygen atoms in total. The highest BCUT2D eigenvalue weighted by molar-refractivity contribution is 7.92. The highest BCUT2D eigenvalue weighted by atomic mass is 32.2.